The number of piperidine rings is 1. The third kappa shape index (κ3) is 2.32. The number of hydrogen-bond donors (Lipinski definition) is 0. The van der Waals surface area contributed by atoms with Gasteiger partial charge in [-0.25, -0.2) is 9.97 Å². The second kappa shape index (κ2) is 5.02. The molecule has 3 heterocycles. The van der Waals surface area contributed by atoms with Crippen LogP contribution in [0.15, 0.2) is 24.5 Å². The maximum Gasteiger partial charge on any atom is 0.161 e. The molecular weight excluding hydrogens is 284 g/mol. The van der Waals surface area contributed by atoms with Crippen molar-refractivity contribution in [2.45, 2.75) is 44.9 Å². The maximum absolute atomic E-state index is 5.02. The molecule has 0 bridgehead atoms. The molecular formula is C19H22N4. The average Bonchev–Trinajstić information content (AvgIpc) is 3.17. The Labute approximate surface area is 137 Å². The molecule has 0 unspecified atom stereocenters. The van der Waals surface area contributed by atoms with E-state index in [9.17, 15) is 0 Å². The largest absolute Gasteiger partial charge is 0.356 e. The van der Waals surface area contributed by atoms with Crippen molar-refractivity contribution in [3.8, 4) is 11.4 Å². The molecule has 0 radical (unpaired) electrons. The number of pyridine rings is 1. The van der Waals surface area contributed by atoms with Gasteiger partial charge >= 0.3 is 0 Å². The van der Waals surface area contributed by atoms with Gasteiger partial charge in [0.1, 0.15) is 5.82 Å². The predicted molar refractivity (Wildman–Crippen MR) is 90.4 cm³/mol. The summed E-state index contributed by atoms with van der Waals surface area (Å²) in [5, 5.41) is 0. The van der Waals surface area contributed by atoms with E-state index < -0.39 is 0 Å². The van der Waals surface area contributed by atoms with Gasteiger partial charge in [0, 0.05) is 42.3 Å². The van der Waals surface area contributed by atoms with E-state index in [1.807, 2.05) is 24.5 Å². The molecule has 2 aliphatic carbocycles. The molecule has 1 saturated carbocycles. The SMILES string of the molecule is c1cc(-c2nc3c(c(N4CCCC5(CC5)C4)n2)CCC3)ccn1. The van der Waals surface area contributed by atoms with E-state index in [4.69, 9.17) is 9.97 Å². The number of aryl methyl sites for hydroxylation is 1. The van der Waals surface area contributed by atoms with Crippen molar-refractivity contribution < 1.29 is 0 Å². The lowest BCUT2D eigenvalue weighted by Crippen LogP contribution is -2.37. The Morgan fingerprint density at radius 2 is 1.83 bits per heavy atom. The van der Waals surface area contributed by atoms with Crippen molar-refractivity contribution in [1.82, 2.24) is 15.0 Å². The third-order valence-electron chi connectivity index (χ3n) is 5.77. The van der Waals surface area contributed by atoms with Crippen LogP contribution in [-0.4, -0.2) is 28.0 Å². The van der Waals surface area contributed by atoms with Gasteiger partial charge in [-0.05, 0) is 62.5 Å². The highest BCUT2D eigenvalue weighted by atomic mass is 15.2. The van der Waals surface area contributed by atoms with Crippen LogP contribution in [0.4, 0.5) is 5.82 Å². The molecule has 2 aromatic rings. The molecule has 0 N–H and O–H groups in total. The van der Waals surface area contributed by atoms with Crippen LogP contribution in [-0.2, 0) is 12.8 Å². The number of anilines is 1. The molecule has 2 aromatic heterocycles. The molecule has 0 atom stereocenters. The van der Waals surface area contributed by atoms with Gasteiger partial charge < -0.3 is 4.90 Å². The molecule has 1 spiro atoms. The molecule has 4 nitrogen and oxygen atoms in total. The summed E-state index contributed by atoms with van der Waals surface area (Å²) in [4.78, 5) is 16.6. The lowest BCUT2D eigenvalue weighted by molar-refractivity contribution is 0.393. The first-order valence-corrected chi connectivity index (χ1v) is 8.88. The third-order valence-corrected chi connectivity index (χ3v) is 5.77. The van der Waals surface area contributed by atoms with E-state index in [0.29, 0.717) is 5.41 Å². The van der Waals surface area contributed by atoms with E-state index in [1.54, 1.807) is 0 Å². The Hall–Kier alpha value is -1.97. The second-order valence-electron chi connectivity index (χ2n) is 7.41. The summed E-state index contributed by atoms with van der Waals surface area (Å²) in [6.07, 6.45) is 12.7. The minimum absolute atomic E-state index is 0.617. The number of rotatable bonds is 2. The summed E-state index contributed by atoms with van der Waals surface area (Å²) in [6.45, 7) is 2.35. The Morgan fingerprint density at radius 3 is 2.65 bits per heavy atom. The fourth-order valence-corrected chi connectivity index (χ4v) is 4.28. The Morgan fingerprint density at radius 1 is 0.957 bits per heavy atom. The van der Waals surface area contributed by atoms with Gasteiger partial charge in [-0.2, -0.15) is 0 Å². The van der Waals surface area contributed by atoms with E-state index in [0.717, 1.165) is 30.8 Å². The van der Waals surface area contributed by atoms with Crippen molar-refractivity contribution in [2.24, 2.45) is 5.41 Å². The zero-order valence-corrected chi connectivity index (χ0v) is 13.5. The fraction of sp³-hybridized carbons (Fsp3) is 0.526. The molecule has 0 amide bonds. The molecule has 23 heavy (non-hydrogen) atoms. The summed E-state index contributed by atoms with van der Waals surface area (Å²) >= 11 is 0. The summed E-state index contributed by atoms with van der Waals surface area (Å²) in [6, 6.07) is 4.03. The fourth-order valence-electron chi connectivity index (χ4n) is 4.28. The van der Waals surface area contributed by atoms with E-state index in [-0.39, 0.29) is 0 Å². The first-order chi connectivity index (χ1) is 11.3. The van der Waals surface area contributed by atoms with Crippen LogP contribution in [0.2, 0.25) is 0 Å². The lowest BCUT2D eigenvalue weighted by Gasteiger charge is -2.35. The molecule has 5 rings (SSSR count). The number of aromatic nitrogens is 3. The van der Waals surface area contributed by atoms with Gasteiger partial charge in [-0.15, -0.1) is 0 Å². The molecule has 0 aromatic carbocycles. The van der Waals surface area contributed by atoms with Crippen LogP contribution in [0.25, 0.3) is 11.4 Å². The Bertz CT molecular complexity index is 737. The van der Waals surface area contributed by atoms with Gasteiger partial charge in [0.05, 0.1) is 0 Å². The maximum atomic E-state index is 5.02. The van der Waals surface area contributed by atoms with Crippen molar-refractivity contribution in [3.05, 3.63) is 35.8 Å². The van der Waals surface area contributed by atoms with E-state index in [1.165, 1.54) is 55.7 Å². The summed E-state index contributed by atoms with van der Waals surface area (Å²) < 4.78 is 0. The topological polar surface area (TPSA) is 41.9 Å². The first-order valence-electron chi connectivity index (χ1n) is 8.88. The molecule has 3 aliphatic rings. The van der Waals surface area contributed by atoms with E-state index >= 15 is 0 Å². The van der Waals surface area contributed by atoms with Gasteiger partial charge in [-0.3, -0.25) is 4.98 Å². The van der Waals surface area contributed by atoms with Crippen LogP contribution in [0.3, 0.4) is 0 Å². The Balaban J connectivity index is 1.58. The normalized spacial score (nSPS) is 21.5. The van der Waals surface area contributed by atoms with Crippen LogP contribution in [0.1, 0.15) is 43.4 Å². The summed E-state index contributed by atoms with van der Waals surface area (Å²) in [5.41, 5.74) is 4.39. The zero-order valence-electron chi connectivity index (χ0n) is 13.5. The molecule has 1 aliphatic heterocycles. The first kappa shape index (κ1) is 13.5. The monoisotopic (exact) mass is 306 g/mol. The lowest BCUT2D eigenvalue weighted by atomic mass is 9.95. The van der Waals surface area contributed by atoms with Crippen molar-refractivity contribution in [2.75, 3.05) is 18.0 Å². The predicted octanol–water partition coefficient (Wildman–Crippen LogP) is 3.41. The van der Waals surface area contributed by atoms with Crippen LogP contribution < -0.4 is 4.90 Å². The minimum Gasteiger partial charge on any atom is -0.356 e. The molecule has 2 fully saturated rings. The molecule has 4 heteroatoms. The van der Waals surface area contributed by atoms with Crippen molar-refractivity contribution >= 4 is 5.82 Å². The summed E-state index contributed by atoms with van der Waals surface area (Å²) in [7, 11) is 0. The van der Waals surface area contributed by atoms with Crippen molar-refractivity contribution in [3.63, 3.8) is 0 Å². The van der Waals surface area contributed by atoms with Gasteiger partial charge in [0.25, 0.3) is 0 Å². The highest BCUT2D eigenvalue weighted by molar-refractivity contribution is 5.61. The number of hydrogen-bond acceptors (Lipinski definition) is 4. The van der Waals surface area contributed by atoms with Crippen LogP contribution in [0.5, 0.6) is 0 Å². The average molecular weight is 306 g/mol. The van der Waals surface area contributed by atoms with E-state index in [2.05, 4.69) is 9.88 Å². The number of nitrogens with zero attached hydrogens (tertiary/aromatic N) is 4. The summed E-state index contributed by atoms with van der Waals surface area (Å²) in [5.74, 6) is 2.10. The standard InChI is InChI=1S/C19H22N4/c1-3-15-16(4-1)21-17(14-5-10-20-11-6-14)22-18(15)23-12-2-7-19(13-23)8-9-19/h5-6,10-11H,1-4,7-9,12-13H2. The smallest absolute Gasteiger partial charge is 0.161 e. The number of fused-ring (bicyclic) bond motifs is 1. The zero-order chi connectivity index (χ0) is 15.3. The highest BCUT2D eigenvalue weighted by Gasteiger charge is 2.46. The Kier molecular flexibility index (Phi) is 2.94. The molecule has 118 valence electrons. The van der Waals surface area contributed by atoms with Gasteiger partial charge in [-0.1, -0.05) is 0 Å². The van der Waals surface area contributed by atoms with Crippen molar-refractivity contribution in [1.29, 1.82) is 0 Å². The second-order valence-corrected chi connectivity index (χ2v) is 7.41. The quantitative estimate of drug-likeness (QED) is 0.852. The molecule has 1 saturated heterocycles. The van der Waals surface area contributed by atoms with Gasteiger partial charge in [0.2, 0.25) is 0 Å². The highest BCUT2D eigenvalue weighted by Crippen LogP contribution is 2.52. The van der Waals surface area contributed by atoms with Crippen LogP contribution in [0, 0.1) is 5.41 Å². The van der Waals surface area contributed by atoms with Gasteiger partial charge in [0.15, 0.2) is 5.82 Å². The van der Waals surface area contributed by atoms with Crippen LogP contribution >= 0.6 is 0 Å². The minimum atomic E-state index is 0.617.